The number of aromatic nitrogens is 1. The van der Waals surface area contributed by atoms with Gasteiger partial charge < -0.3 is 10.6 Å². The summed E-state index contributed by atoms with van der Waals surface area (Å²) in [5.41, 5.74) is 0. The first-order valence-electron chi connectivity index (χ1n) is 3.14. The molecule has 0 aliphatic heterocycles. The molecule has 0 fully saturated rings. The standard InChI is InChI=1S/C7H10N3.K/c1-8-6-10-7-4-2-3-5-9-7;/h2-5H,6H2,1H3,(H,9,10);/q-1;+1. The van der Waals surface area contributed by atoms with Crippen molar-refractivity contribution in [1.29, 1.82) is 0 Å². The molecule has 11 heavy (non-hydrogen) atoms. The van der Waals surface area contributed by atoms with Crippen LogP contribution in [0.1, 0.15) is 0 Å². The van der Waals surface area contributed by atoms with Crippen LogP contribution in [0.15, 0.2) is 24.4 Å². The van der Waals surface area contributed by atoms with Gasteiger partial charge in [-0.2, -0.15) is 7.05 Å². The van der Waals surface area contributed by atoms with Crippen molar-refractivity contribution in [2.24, 2.45) is 0 Å². The van der Waals surface area contributed by atoms with Crippen molar-refractivity contribution >= 4 is 5.82 Å². The molecule has 1 aromatic heterocycles. The molecule has 1 aromatic rings. The molecule has 0 aromatic carbocycles. The van der Waals surface area contributed by atoms with Crippen LogP contribution < -0.4 is 56.7 Å². The van der Waals surface area contributed by atoms with E-state index in [4.69, 9.17) is 0 Å². The van der Waals surface area contributed by atoms with Gasteiger partial charge in [0.05, 0.1) is 0 Å². The average Bonchev–Trinajstić information content (AvgIpc) is 2.03. The van der Waals surface area contributed by atoms with Crippen molar-refractivity contribution in [3.8, 4) is 0 Å². The van der Waals surface area contributed by atoms with E-state index in [1.165, 1.54) is 0 Å². The molecule has 0 aliphatic carbocycles. The van der Waals surface area contributed by atoms with Gasteiger partial charge in [-0.15, -0.1) is 0 Å². The number of rotatable bonds is 3. The van der Waals surface area contributed by atoms with Crippen LogP contribution in [-0.4, -0.2) is 18.7 Å². The third kappa shape index (κ3) is 4.89. The Morgan fingerprint density at radius 1 is 1.55 bits per heavy atom. The predicted molar refractivity (Wildman–Crippen MR) is 42.0 cm³/mol. The van der Waals surface area contributed by atoms with E-state index in [1.54, 1.807) is 13.2 Å². The van der Waals surface area contributed by atoms with E-state index in [1.807, 2.05) is 18.2 Å². The van der Waals surface area contributed by atoms with Crippen LogP contribution >= 0.6 is 0 Å². The average molecular weight is 175 g/mol. The molecule has 0 bridgehead atoms. The van der Waals surface area contributed by atoms with Gasteiger partial charge in [0.1, 0.15) is 5.82 Å². The normalized spacial score (nSPS) is 8.45. The Labute approximate surface area is 109 Å². The van der Waals surface area contributed by atoms with Gasteiger partial charge in [-0.05, 0) is 12.1 Å². The van der Waals surface area contributed by atoms with Crippen LogP contribution in [0.3, 0.4) is 0 Å². The molecule has 1 rings (SSSR count). The summed E-state index contributed by atoms with van der Waals surface area (Å²) < 4.78 is 0. The molecule has 4 heteroatoms. The first kappa shape index (κ1) is 11.5. The first-order chi connectivity index (χ1) is 4.93. The predicted octanol–water partition coefficient (Wildman–Crippen LogP) is -1.54. The molecule has 1 heterocycles. The zero-order chi connectivity index (χ0) is 7.23. The fourth-order valence-corrected chi connectivity index (χ4v) is 0.627. The van der Waals surface area contributed by atoms with E-state index < -0.39 is 0 Å². The van der Waals surface area contributed by atoms with Gasteiger partial charge in [0, 0.05) is 6.20 Å². The molecule has 0 saturated carbocycles. The van der Waals surface area contributed by atoms with E-state index in [-0.39, 0.29) is 51.4 Å². The summed E-state index contributed by atoms with van der Waals surface area (Å²) in [7, 11) is 1.76. The van der Waals surface area contributed by atoms with Gasteiger partial charge in [-0.25, -0.2) is 4.98 Å². The molecule has 0 unspecified atom stereocenters. The van der Waals surface area contributed by atoms with E-state index in [0.29, 0.717) is 6.67 Å². The fourth-order valence-electron chi connectivity index (χ4n) is 0.627. The number of hydrogen-bond donors (Lipinski definition) is 1. The zero-order valence-electron chi connectivity index (χ0n) is 6.91. The van der Waals surface area contributed by atoms with Crippen LogP contribution in [0.25, 0.3) is 5.32 Å². The number of nitrogens with zero attached hydrogens (tertiary/aromatic N) is 2. The smallest absolute Gasteiger partial charge is 0.648 e. The Kier molecular flexibility index (Phi) is 7.57. The van der Waals surface area contributed by atoms with E-state index in [2.05, 4.69) is 15.6 Å². The first-order valence-corrected chi connectivity index (χ1v) is 3.14. The summed E-state index contributed by atoms with van der Waals surface area (Å²) in [4.78, 5) is 4.05. The molecule has 0 saturated heterocycles. The third-order valence-electron chi connectivity index (χ3n) is 1.08. The molecule has 0 spiro atoms. The van der Waals surface area contributed by atoms with Crippen molar-refractivity contribution in [3.63, 3.8) is 0 Å². The minimum atomic E-state index is 0. The maximum atomic E-state index is 4.05. The van der Waals surface area contributed by atoms with Crippen LogP contribution in [0.2, 0.25) is 0 Å². The summed E-state index contributed by atoms with van der Waals surface area (Å²) >= 11 is 0. The van der Waals surface area contributed by atoms with Crippen LogP contribution in [0.4, 0.5) is 5.82 Å². The van der Waals surface area contributed by atoms with Crippen molar-refractivity contribution in [2.45, 2.75) is 0 Å². The monoisotopic (exact) mass is 175 g/mol. The Morgan fingerprint density at radius 3 is 2.91 bits per heavy atom. The van der Waals surface area contributed by atoms with Gasteiger partial charge in [-0.3, -0.25) is 0 Å². The fraction of sp³-hybridized carbons (Fsp3) is 0.286. The summed E-state index contributed by atoms with van der Waals surface area (Å²) in [5.74, 6) is 0.869. The van der Waals surface area contributed by atoms with Gasteiger partial charge in [0.2, 0.25) is 0 Å². The summed E-state index contributed by atoms with van der Waals surface area (Å²) in [6.07, 6.45) is 1.75. The summed E-state index contributed by atoms with van der Waals surface area (Å²) in [6, 6.07) is 5.73. The molecular weight excluding hydrogens is 165 g/mol. The molecule has 0 radical (unpaired) electrons. The largest absolute Gasteiger partial charge is 1.00 e. The van der Waals surface area contributed by atoms with E-state index in [0.717, 1.165) is 5.82 Å². The second-order valence-corrected chi connectivity index (χ2v) is 1.87. The van der Waals surface area contributed by atoms with Crippen molar-refractivity contribution in [3.05, 3.63) is 29.7 Å². The molecule has 0 atom stereocenters. The summed E-state index contributed by atoms with van der Waals surface area (Å²) in [5, 5.41) is 6.90. The minimum absolute atomic E-state index is 0. The maximum Gasteiger partial charge on any atom is 1.00 e. The van der Waals surface area contributed by atoms with Crippen LogP contribution in [0, 0.1) is 0 Å². The third-order valence-corrected chi connectivity index (χ3v) is 1.08. The number of pyridine rings is 1. The van der Waals surface area contributed by atoms with E-state index >= 15 is 0 Å². The number of hydrogen-bond acceptors (Lipinski definition) is 2. The minimum Gasteiger partial charge on any atom is -0.648 e. The molecular formula is C7H10KN3. The second kappa shape index (κ2) is 7.21. The molecule has 1 N–H and O–H groups in total. The molecule has 3 nitrogen and oxygen atoms in total. The number of anilines is 1. The van der Waals surface area contributed by atoms with Gasteiger partial charge in [-0.1, -0.05) is 12.7 Å². The van der Waals surface area contributed by atoms with Crippen molar-refractivity contribution in [2.75, 3.05) is 19.0 Å². The van der Waals surface area contributed by atoms with Crippen LogP contribution in [-0.2, 0) is 0 Å². The SMILES string of the molecule is C[N-]CNc1ccccn1.[K+]. The van der Waals surface area contributed by atoms with E-state index in [9.17, 15) is 0 Å². The van der Waals surface area contributed by atoms with Crippen molar-refractivity contribution < 1.29 is 51.4 Å². The summed E-state index contributed by atoms with van der Waals surface area (Å²) in [6.45, 7) is 0.622. The zero-order valence-corrected chi connectivity index (χ0v) is 10.0. The Bertz CT molecular complexity index is 178. The topological polar surface area (TPSA) is 39.0 Å². The Balaban J connectivity index is 0.000001000. The van der Waals surface area contributed by atoms with Gasteiger partial charge in [0.25, 0.3) is 0 Å². The second-order valence-electron chi connectivity index (χ2n) is 1.87. The Hall–Kier alpha value is 0.546. The van der Waals surface area contributed by atoms with Gasteiger partial charge in [0.15, 0.2) is 0 Å². The van der Waals surface area contributed by atoms with Crippen molar-refractivity contribution in [1.82, 2.24) is 4.98 Å². The maximum absolute atomic E-state index is 4.05. The number of nitrogens with one attached hydrogen (secondary N) is 1. The van der Waals surface area contributed by atoms with Gasteiger partial charge >= 0.3 is 51.4 Å². The molecule has 0 aliphatic rings. The molecule has 0 amide bonds. The van der Waals surface area contributed by atoms with Crippen LogP contribution in [0.5, 0.6) is 0 Å². The Morgan fingerprint density at radius 2 is 2.36 bits per heavy atom. The molecule has 54 valence electrons. The quantitative estimate of drug-likeness (QED) is 0.565.